The third-order valence-electron chi connectivity index (χ3n) is 3.75. The molecule has 2 aromatic heterocycles. The summed E-state index contributed by atoms with van der Waals surface area (Å²) in [4.78, 5) is 24.8. The van der Waals surface area contributed by atoms with Crippen LogP contribution in [0.5, 0.6) is 0 Å². The predicted octanol–water partition coefficient (Wildman–Crippen LogP) is 3.30. The molecule has 0 aliphatic heterocycles. The minimum Gasteiger partial charge on any atom is -0.365 e. The third kappa shape index (κ3) is 4.38. The predicted molar refractivity (Wildman–Crippen MR) is 97.4 cm³/mol. The Morgan fingerprint density at radius 2 is 1.84 bits per heavy atom. The van der Waals surface area contributed by atoms with Crippen LogP contribution in [0.25, 0.3) is 0 Å². The second kappa shape index (κ2) is 8.01. The first-order valence-electron chi connectivity index (χ1n) is 8.10. The van der Waals surface area contributed by atoms with E-state index in [4.69, 9.17) is 0 Å². The van der Waals surface area contributed by atoms with Crippen LogP contribution in [0.1, 0.15) is 28.5 Å². The van der Waals surface area contributed by atoms with Gasteiger partial charge in [0.1, 0.15) is 11.5 Å². The number of rotatable bonds is 6. The van der Waals surface area contributed by atoms with E-state index in [-0.39, 0.29) is 11.6 Å². The number of amides is 1. The number of benzene rings is 1. The molecule has 6 nitrogen and oxygen atoms in total. The SMILES string of the molecule is CCc1ccccc1NC(=O)c1cnc(NCc2ccncc2)cn1. The summed E-state index contributed by atoms with van der Waals surface area (Å²) >= 11 is 0. The van der Waals surface area contributed by atoms with Crippen molar-refractivity contribution in [1.82, 2.24) is 15.0 Å². The van der Waals surface area contributed by atoms with E-state index in [9.17, 15) is 4.79 Å². The summed E-state index contributed by atoms with van der Waals surface area (Å²) in [5.41, 5.74) is 3.26. The fourth-order valence-corrected chi connectivity index (χ4v) is 2.37. The highest BCUT2D eigenvalue weighted by molar-refractivity contribution is 6.03. The fraction of sp³-hybridized carbons (Fsp3) is 0.158. The number of carbonyl (C=O) groups is 1. The third-order valence-corrected chi connectivity index (χ3v) is 3.75. The van der Waals surface area contributed by atoms with Crippen molar-refractivity contribution in [3.63, 3.8) is 0 Å². The molecule has 3 aromatic rings. The highest BCUT2D eigenvalue weighted by Gasteiger charge is 2.10. The highest BCUT2D eigenvalue weighted by atomic mass is 16.1. The van der Waals surface area contributed by atoms with Crippen LogP contribution in [0, 0.1) is 0 Å². The molecule has 0 aliphatic rings. The van der Waals surface area contributed by atoms with E-state index in [1.165, 1.54) is 6.20 Å². The van der Waals surface area contributed by atoms with Crippen LogP contribution in [-0.2, 0) is 13.0 Å². The Hall–Kier alpha value is -3.28. The van der Waals surface area contributed by atoms with Crippen LogP contribution in [0.4, 0.5) is 11.5 Å². The molecule has 0 bridgehead atoms. The molecular formula is C19H19N5O. The Bertz CT molecular complexity index is 834. The Balaban J connectivity index is 1.62. The van der Waals surface area contributed by atoms with Gasteiger partial charge in [-0.05, 0) is 35.7 Å². The molecule has 126 valence electrons. The largest absolute Gasteiger partial charge is 0.365 e. The summed E-state index contributed by atoms with van der Waals surface area (Å²) in [5.74, 6) is 0.344. The van der Waals surface area contributed by atoms with Gasteiger partial charge in [0.05, 0.1) is 12.4 Å². The van der Waals surface area contributed by atoms with Gasteiger partial charge in [0.2, 0.25) is 0 Å². The van der Waals surface area contributed by atoms with Crippen molar-refractivity contribution in [2.75, 3.05) is 10.6 Å². The van der Waals surface area contributed by atoms with Gasteiger partial charge >= 0.3 is 0 Å². The van der Waals surface area contributed by atoms with Crippen LogP contribution in [0.15, 0.2) is 61.2 Å². The zero-order chi connectivity index (χ0) is 17.5. The van der Waals surface area contributed by atoms with Gasteiger partial charge in [-0.3, -0.25) is 9.78 Å². The number of hydrogen-bond acceptors (Lipinski definition) is 5. The number of anilines is 2. The lowest BCUT2D eigenvalue weighted by Gasteiger charge is -2.09. The van der Waals surface area contributed by atoms with Gasteiger partial charge in [0.15, 0.2) is 0 Å². The summed E-state index contributed by atoms with van der Waals surface area (Å²) in [5, 5.41) is 6.05. The molecule has 0 spiro atoms. The summed E-state index contributed by atoms with van der Waals surface area (Å²) in [6.07, 6.45) is 7.36. The van der Waals surface area contributed by atoms with Gasteiger partial charge in [0, 0.05) is 24.6 Å². The molecule has 6 heteroatoms. The monoisotopic (exact) mass is 333 g/mol. The first-order chi connectivity index (χ1) is 12.3. The maximum atomic E-state index is 12.3. The smallest absolute Gasteiger partial charge is 0.275 e. The highest BCUT2D eigenvalue weighted by Crippen LogP contribution is 2.16. The number of aromatic nitrogens is 3. The van der Waals surface area contributed by atoms with E-state index in [2.05, 4.69) is 25.6 Å². The van der Waals surface area contributed by atoms with Gasteiger partial charge in [-0.15, -0.1) is 0 Å². The van der Waals surface area contributed by atoms with E-state index in [0.29, 0.717) is 12.4 Å². The maximum absolute atomic E-state index is 12.3. The van der Waals surface area contributed by atoms with Gasteiger partial charge in [0.25, 0.3) is 5.91 Å². The van der Waals surface area contributed by atoms with Crippen molar-refractivity contribution in [2.45, 2.75) is 19.9 Å². The van der Waals surface area contributed by atoms with Crippen LogP contribution in [0.2, 0.25) is 0 Å². The van der Waals surface area contributed by atoms with E-state index < -0.39 is 0 Å². The molecule has 3 rings (SSSR count). The molecule has 0 radical (unpaired) electrons. The van der Waals surface area contributed by atoms with Gasteiger partial charge in [-0.1, -0.05) is 25.1 Å². The van der Waals surface area contributed by atoms with Crippen molar-refractivity contribution in [3.8, 4) is 0 Å². The summed E-state index contributed by atoms with van der Waals surface area (Å²) in [6, 6.07) is 11.6. The summed E-state index contributed by atoms with van der Waals surface area (Å²) < 4.78 is 0. The first kappa shape index (κ1) is 16.6. The van der Waals surface area contributed by atoms with Crippen LogP contribution >= 0.6 is 0 Å². The molecule has 1 amide bonds. The number of para-hydroxylation sites is 1. The molecule has 1 aromatic carbocycles. The van der Waals surface area contributed by atoms with E-state index in [0.717, 1.165) is 23.2 Å². The zero-order valence-electron chi connectivity index (χ0n) is 13.9. The number of aryl methyl sites for hydroxylation is 1. The van der Waals surface area contributed by atoms with E-state index in [1.807, 2.05) is 43.3 Å². The lowest BCUT2D eigenvalue weighted by atomic mass is 10.1. The van der Waals surface area contributed by atoms with E-state index >= 15 is 0 Å². The maximum Gasteiger partial charge on any atom is 0.275 e. The van der Waals surface area contributed by atoms with Crippen molar-refractivity contribution in [3.05, 3.63) is 78.0 Å². The Labute approximate surface area is 146 Å². The fourth-order valence-electron chi connectivity index (χ4n) is 2.37. The molecule has 2 heterocycles. The normalized spacial score (nSPS) is 10.3. The van der Waals surface area contributed by atoms with Crippen LogP contribution < -0.4 is 10.6 Å². The van der Waals surface area contributed by atoms with Crippen LogP contribution in [0.3, 0.4) is 0 Å². The second-order valence-electron chi connectivity index (χ2n) is 5.46. The molecule has 0 fully saturated rings. The molecule has 25 heavy (non-hydrogen) atoms. The van der Waals surface area contributed by atoms with Crippen molar-refractivity contribution < 1.29 is 4.79 Å². The molecule has 0 saturated carbocycles. The van der Waals surface area contributed by atoms with Crippen LogP contribution in [-0.4, -0.2) is 20.9 Å². The van der Waals surface area contributed by atoms with Gasteiger partial charge < -0.3 is 10.6 Å². The number of nitrogens with zero attached hydrogens (tertiary/aromatic N) is 3. The number of pyridine rings is 1. The molecule has 0 atom stereocenters. The Morgan fingerprint density at radius 3 is 2.56 bits per heavy atom. The van der Waals surface area contributed by atoms with Crippen molar-refractivity contribution >= 4 is 17.4 Å². The quantitative estimate of drug-likeness (QED) is 0.723. The number of hydrogen-bond donors (Lipinski definition) is 2. The second-order valence-corrected chi connectivity index (χ2v) is 5.46. The molecule has 0 aliphatic carbocycles. The standard InChI is InChI=1S/C19H19N5O/c1-2-15-5-3-4-6-16(15)24-19(25)17-12-23-18(13-21-17)22-11-14-7-9-20-10-8-14/h3-10,12-13H,2,11H2,1H3,(H,22,23)(H,24,25). The molecule has 0 unspecified atom stereocenters. The van der Waals surface area contributed by atoms with E-state index in [1.54, 1.807) is 18.6 Å². The lowest BCUT2D eigenvalue weighted by Crippen LogP contribution is -2.15. The molecule has 0 saturated heterocycles. The molecular weight excluding hydrogens is 314 g/mol. The average molecular weight is 333 g/mol. The number of nitrogens with one attached hydrogen (secondary N) is 2. The first-order valence-corrected chi connectivity index (χ1v) is 8.10. The number of carbonyl (C=O) groups excluding carboxylic acids is 1. The minimum absolute atomic E-state index is 0.269. The minimum atomic E-state index is -0.269. The molecule has 2 N–H and O–H groups in total. The van der Waals surface area contributed by atoms with Crippen molar-refractivity contribution in [2.24, 2.45) is 0 Å². The average Bonchev–Trinajstić information content (AvgIpc) is 2.68. The zero-order valence-corrected chi connectivity index (χ0v) is 13.9. The Morgan fingerprint density at radius 1 is 1.04 bits per heavy atom. The van der Waals surface area contributed by atoms with Crippen molar-refractivity contribution in [1.29, 1.82) is 0 Å². The topological polar surface area (TPSA) is 79.8 Å². The van der Waals surface area contributed by atoms with Gasteiger partial charge in [-0.2, -0.15) is 0 Å². The summed E-state index contributed by atoms with van der Waals surface area (Å²) in [7, 11) is 0. The Kier molecular flexibility index (Phi) is 5.31. The summed E-state index contributed by atoms with van der Waals surface area (Å²) in [6.45, 7) is 2.67. The van der Waals surface area contributed by atoms with Gasteiger partial charge in [-0.25, -0.2) is 9.97 Å². The lowest BCUT2D eigenvalue weighted by molar-refractivity contribution is 0.102.